The summed E-state index contributed by atoms with van der Waals surface area (Å²) >= 11 is 0.904. The van der Waals surface area contributed by atoms with Crippen molar-refractivity contribution in [1.82, 2.24) is 18.9 Å². The van der Waals surface area contributed by atoms with Gasteiger partial charge in [0.25, 0.3) is 5.91 Å². The molecule has 1 aromatic carbocycles. The van der Waals surface area contributed by atoms with Gasteiger partial charge in [-0.1, -0.05) is 6.07 Å². The lowest BCUT2D eigenvalue weighted by atomic mass is 10.1. The highest BCUT2D eigenvalue weighted by Gasteiger charge is 2.14. The maximum Gasteiger partial charge on any atom is 0.278 e. The quantitative estimate of drug-likeness (QED) is 0.778. The van der Waals surface area contributed by atoms with Crippen LogP contribution in [0.5, 0.6) is 0 Å². The van der Waals surface area contributed by atoms with E-state index in [0.717, 1.165) is 17.8 Å². The molecular weight excluding hydrogens is 300 g/mol. The molecule has 3 rings (SSSR count). The molecule has 1 amide bonds. The number of anilines is 1. The van der Waals surface area contributed by atoms with E-state index in [1.807, 2.05) is 0 Å². The zero-order valence-corrected chi connectivity index (χ0v) is 11.1. The lowest BCUT2D eigenvalue weighted by Crippen LogP contribution is -2.12. The number of nitrogens with one attached hydrogen (secondary N) is 2. The summed E-state index contributed by atoms with van der Waals surface area (Å²) in [5.74, 6) is -2.25. The van der Waals surface area contributed by atoms with Crippen LogP contribution in [0.1, 0.15) is 10.5 Å². The van der Waals surface area contributed by atoms with E-state index in [-0.39, 0.29) is 22.8 Å². The zero-order valence-electron chi connectivity index (χ0n) is 10.3. The SMILES string of the molecule is O=C(Nc1cc(-c2cccc(F)c2F)[nH]n1)c1cnsn1. The number of aromatic amines is 1. The van der Waals surface area contributed by atoms with Gasteiger partial charge in [0.2, 0.25) is 0 Å². The average Bonchev–Trinajstić information content (AvgIpc) is 3.13. The van der Waals surface area contributed by atoms with Gasteiger partial charge in [0.1, 0.15) is 0 Å². The Morgan fingerprint density at radius 3 is 2.95 bits per heavy atom. The molecule has 0 saturated heterocycles. The van der Waals surface area contributed by atoms with Crippen LogP contribution in [-0.4, -0.2) is 24.9 Å². The van der Waals surface area contributed by atoms with Crippen LogP contribution in [-0.2, 0) is 0 Å². The number of nitrogens with zero attached hydrogens (tertiary/aromatic N) is 3. The van der Waals surface area contributed by atoms with E-state index in [2.05, 4.69) is 24.3 Å². The minimum atomic E-state index is -0.984. The number of amides is 1. The van der Waals surface area contributed by atoms with Crippen LogP contribution in [0, 0.1) is 11.6 Å². The fourth-order valence-corrected chi connectivity index (χ4v) is 2.09. The number of rotatable bonds is 3. The Labute approximate surface area is 121 Å². The molecule has 0 unspecified atom stereocenters. The average molecular weight is 307 g/mol. The summed E-state index contributed by atoms with van der Waals surface area (Å²) in [4.78, 5) is 11.7. The van der Waals surface area contributed by atoms with Crippen molar-refractivity contribution >= 4 is 23.5 Å². The van der Waals surface area contributed by atoms with Crippen LogP contribution in [0.3, 0.4) is 0 Å². The first kappa shape index (κ1) is 13.3. The van der Waals surface area contributed by atoms with Crippen molar-refractivity contribution in [3.8, 4) is 11.3 Å². The van der Waals surface area contributed by atoms with Crippen LogP contribution in [0.2, 0.25) is 0 Å². The fraction of sp³-hybridized carbons (Fsp3) is 0. The lowest BCUT2D eigenvalue weighted by molar-refractivity contribution is 0.102. The molecule has 9 heteroatoms. The van der Waals surface area contributed by atoms with Crippen LogP contribution < -0.4 is 5.32 Å². The van der Waals surface area contributed by atoms with E-state index in [0.29, 0.717) is 0 Å². The Bertz CT molecular complexity index is 787. The van der Waals surface area contributed by atoms with Crippen molar-refractivity contribution in [1.29, 1.82) is 0 Å². The number of hydrogen-bond acceptors (Lipinski definition) is 5. The van der Waals surface area contributed by atoms with Crippen LogP contribution >= 0.6 is 11.7 Å². The second kappa shape index (κ2) is 5.37. The van der Waals surface area contributed by atoms with Gasteiger partial charge in [0, 0.05) is 11.6 Å². The largest absolute Gasteiger partial charge is 0.304 e. The smallest absolute Gasteiger partial charge is 0.278 e. The van der Waals surface area contributed by atoms with Gasteiger partial charge in [0.05, 0.1) is 23.6 Å². The number of hydrogen-bond donors (Lipinski definition) is 2. The summed E-state index contributed by atoms with van der Waals surface area (Å²) in [6.07, 6.45) is 1.32. The molecule has 2 N–H and O–H groups in total. The maximum absolute atomic E-state index is 13.7. The molecular formula is C12H7F2N5OS. The predicted molar refractivity (Wildman–Crippen MR) is 71.8 cm³/mol. The third-order valence-corrected chi connectivity index (χ3v) is 3.13. The number of aromatic nitrogens is 4. The molecule has 2 heterocycles. The zero-order chi connectivity index (χ0) is 14.8. The van der Waals surface area contributed by atoms with Crippen LogP contribution in [0.25, 0.3) is 11.3 Å². The van der Waals surface area contributed by atoms with E-state index < -0.39 is 17.5 Å². The van der Waals surface area contributed by atoms with Gasteiger partial charge < -0.3 is 5.32 Å². The molecule has 0 radical (unpaired) electrons. The van der Waals surface area contributed by atoms with Gasteiger partial charge in [-0.05, 0) is 12.1 Å². The van der Waals surface area contributed by atoms with E-state index in [1.54, 1.807) is 0 Å². The van der Waals surface area contributed by atoms with Crippen molar-refractivity contribution in [2.24, 2.45) is 0 Å². The normalized spacial score (nSPS) is 10.6. The summed E-state index contributed by atoms with van der Waals surface area (Å²) in [5.41, 5.74) is 0.429. The van der Waals surface area contributed by atoms with Crippen LogP contribution in [0.4, 0.5) is 14.6 Å². The second-order valence-corrected chi connectivity index (χ2v) is 4.57. The molecule has 0 atom stereocenters. The van der Waals surface area contributed by atoms with E-state index >= 15 is 0 Å². The summed E-state index contributed by atoms with van der Waals surface area (Å²) in [7, 11) is 0. The summed E-state index contributed by atoms with van der Waals surface area (Å²) in [5, 5.41) is 8.83. The molecule has 6 nitrogen and oxygen atoms in total. The Hall–Kier alpha value is -2.68. The van der Waals surface area contributed by atoms with Crippen molar-refractivity contribution in [2.45, 2.75) is 0 Å². The Balaban J connectivity index is 1.84. The van der Waals surface area contributed by atoms with Gasteiger partial charge >= 0.3 is 0 Å². The van der Waals surface area contributed by atoms with E-state index in [9.17, 15) is 13.6 Å². The standard InChI is InChI=1S/C12H7F2N5OS/c13-7-3-1-2-6(11(7)14)8-4-10(18-17-8)16-12(20)9-5-15-21-19-9/h1-5H,(H2,16,17,18,20). The highest BCUT2D eigenvalue weighted by molar-refractivity contribution is 6.99. The van der Waals surface area contributed by atoms with Gasteiger partial charge in [-0.25, -0.2) is 8.78 Å². The molecule has 0 aliphatic rings. The van der Waals surface area contributed by atoms with E-state index in [4.69, 9.17) is 0 Å². The number of halogens is 2. The molecule has 0 aliphatic carbocycles. The molecule has 3 aromatic rings. The van der Waals surface area contributed by atoms with Crippen molar-refractivity contribution < 1.29 is 13.6 Å². The third-order valence-electron chi connectivity index (χ3n) is 2.66. The summed E-state index contributed by atoms with van der Waals surface area (Å²) < 4.78 is 34.3. The Morgan fingerprint density at radius 1 is 1.33 bits per heavy atom. The molecule has 0 fully saturated rings. The molecule has 106 valence electrons. The first-order valence-electron chi connectivity index (χ1n) is 5.74. The summed E-state index contributed by atoms with van der Waals surface area (Å²) in [6, 6.07) is 5.21. The number of H-pyrrole nitrogens is 1. The van der Waals surface area contributed by atoms with Crippen molar-refractivity contribution in [3.05, 3.63) is 47.8 Å². The van der Waals surface area contributed by atoms with Gasteiger partial charge in [0.15, 0.2) is 23.1 Å². The number of carbonyl (C=O) groups is 1. The molecule has 0 saturated carbocycles. The summed E-state index contributed by atoms with van der Waals surface area (Å²) in [6.45, 7) is 0. The molecule has 0 bridgehead atoms. The number of carbonyl (C=O) groups excluding carboxylic acids is 1. The molecule has 2 aromatic heterocycles. The Kier molecular flexibility index (Phi) is 3.40. The van der Waals surface area contributed by atoms with Crippen LogP contribution in [0.15, 0.2) is 30.5 Å². The highest BCUT2D eigenvalue weighted by Crippen LogP contribution is 2.24. The number of benzene rings is 1. The maximum atomic E-state index is 13.7. The first-order valence-corrected chi connectivity index (χ1v) is 6.47. The first-order chi connectivity index (χ1) is 10.1. The van der Waals surface area contributed by atoms with Gasteiger partial charge in [-0.3, -0.25) is 9.89 Å². The van der Waals surface area contributed by atoms with E-state index in [1.165, 1.54) is 24.4 Å². The minimum Gasteiger partial charge on any atom is -0.304 e. The minimum absolute atomic E-state index is 0.0262. The fourth-order valence-electron chi connectivity index (χ4n) is 1.68. The Morgan fingerprint density at radius 2 is 2.19 bits per heavy atom. The topological polar surface area (TPSA) is 83.6 Å². The van der Waals surface area contributed by atoms with Gasteiger partial charge in [-0.2, -0.15) is 13.8 Å². The monoisotopic (exact) mass is 307 g/mol. The predicted octanol–water partition coefficient (Wildman–Crippen LogP) is 2.46. The molecule has 0 spiro atoms. The highest BCUT2D eigenvalue weighted by atomic mass is 32.1. The second-order valence-electron chi connectivity index (χ2n) is 4.02. The third kappa shape index (κ3) is 2.63. The lowest BCUT2D eigenvalue weighted by Gasteiger charge is -1.99. The van der Waals surface area contributed by atoms with Gasteiger partial charge in [-0.15, -0.1) is 0 Å². The molecule has 21 heavy (non-hydrogen) atoms. The molecule has 0 aliphatic heterocycles. The van der Waals surface area contributed by atoms with Crippen molar-refractivity contribution in [3.63, 3.8) is 0 Å². The van der Waals surface area contributed by atoms with Crippen molar-refractivity contribution in [2.75, 3.05) is 5.32 Å².